The Morgan fingerprint density at radius 3 is 1.96 bits per heavy atom. The molecule has 0 unspecified atom stereocenters. The number of nitrogens with zero attached hydrogens (tertiary/aromatic N) is 1. The molecule has 14 nitrogen and oxygen atoms in total. The highest BCUT2D eigenvalue weighted by Crippen LogP contribution is 2.47. The third-order valence-electron chi connectivity index (χ3n) is 17.8. The van der Waals surface area contributed by atoms with E-state index in [1.165, 1.54) is 4.90 Å². The monoisotopic (exact) mass is 1060 g/mol. The van der Waals surface area contributed by atoms with Crippen molar-refractivity contribution < 1.29 is 61.2 Å². The van der Waals surface area contributed by atoms with Crippen LogP contribution in [-0.4, -0.2) is 134 Å². The van der Waals surface area contributed by atoms with Gasteiger partial charge in [-0.3, -0.25) is 14.4 Å². The molecule has 73 heavy (non-hydrogen) atoms. The van der Waals surface area contributed by atoms with Crippen LogP contribution in [0.15, 0.2) is 24.3 Å². The van der Waals surface area contributed by atoms with Gasteiger partial charge >= 0.3 is 5.97 Å². The van der Waals surface area contributed by atoms with E-state index in [2.05, 4.69) is 113 Å². The molecule has 0 aromatic carbocycles. The summed E-state index contributed by atoms with van der Waals surface area (Å²) in [4.78, 5) is 58.3. The first kappa shape index (κ1) is 63.4. The van der Waals surface area contributed by atoms with Gasteiger partial charge in [0, 0.05) is 39.7 Å². The fourth-order valence-electron chi connectivity index (χ4n) is 10.4. The van der Waals surface area contributed by atoms with Gasteiger partial charge in [-0.05, 0) is 145 Å². The number of esters is 1. The molecule has 420 valence electrons. The minimum atomic E-state index is -2.33. The van der Waals surface area contributed by atoms with E-state index in [9.17, 15) is 19.2 Å². The average molecular weight is 1060 g/mol. The minimum Gasteiger partial charge on any atom is -0.461 e. The Balaban J connectivity index is 1.68. The molecule has 4 aliphatic rings. The van der Waals surface area contributed by atoms with Crippen LogP contribution in [0.2, 0.25) is 36.3 Å². The Morgan fingerprint density at radius 1 is 0.753 bits per heavy atom. The number of methoxy groups -OCH3 is 3. The number of amides is 1. The van der Waals surface area contributed by atoms with Gasteiger partial charge in [-0.1, -0.05) is 93.5 Å². The molecule has 0 N–H and O–H groups in total. The normalized spacial score (nSPS) is 36.2. The Kier molecular flexibility index (Phi) is 23.0. The van der Waals surface area contributed by atoms with Crippen molar-refractivity contribution in [1.82, 2.24) is 4.90 Å². The summed E-state index contributed by atoms with van der Waals surface area (Å²) in [6, 6.07) is -0.988. The number of allylic oxidation sites excluding steroid dienone is 3. The number of ether oxygens (including phenoxy) is 7. The van der Waals surface area contributed by atoms with Crippen LogP contribution in [-0.2, 0) is 61.2 Å². The molecule has 14 atom stereocenters. The predicted molar refractivity (Wildman–Crippen MR) is 291 cm³/mol. The zero-order valence-electron chi connectivity index (χ0n) is 48.9. The first-order valence-corrected chi connectivity index (χ1v) is 33.5. The van der Waals surface area contributed by atoms with E-state index in [-0.39, 0.29) is 65.4 Å². The quantitative estimate of drug-likeness (QED) is 0.0599. The Labute approximate surface area is 443 Å². The molecule has 2 saturated heterocycles. The standard InChI is InChI=1S/C57H101NO13Si2/c1-38-26-22-20-21-23-28-45(70-72(16,17)54(5,6)7)41(4)46(71-73(18,19)55(8,9)10)33-30-39(2)48(59)49(60)52(61)58-35-25-24-27-43(58)53(62)67-44(32-29-38)40(3)36-42-31-34-47-51(50(42)66-37-63-13)69-57(12,65-15)56(11,64-14)68-47/h22-23,26,28,38-47,50-51H,20-21,24-25,27,29-37H2,1-19H3/b26-22+,28-23+/t38-,39-,40-,41+,42+,43+,44+,45-,46+,47-,50+,51+,56+,57+/m1/s1. The summed E-state index contributed by atoms with van der Waals surface area (Å²) in [6.45, 7) is 34.5. The number of piperidine rings is 1. The first-order chi connectivity index (χ1) is 33.9. The van der Waals surface area contributed by atoms with Crippen molar-refractivity contribution in [3.8, 4) is 0 Å². The van der Waals surface area contributed by atoms with E-state index >= 15 is 0 Å². The van der Waals surface area contributed by atoms with Gasteiger partial charge in [0.15, 0.2) is 16.6 Å². The maximum absolute atomic E-state index is 14.6. The van der Waals surface area contributed by atoms with E-state index < -0.39 is 81.9 Å². The maximum atomic E-state index is 14.6. The molecule has 3 heterocycles. The smallest absolute Gasteiger partial charge is 0.329 e. The van der Waals surface area contributed by atoms with E-state index in [1.54, 1.807) is 35.2 Å². The number of hydrogen-bond donors (Lipinski definition) is 0. The second-order valence-corrected chi connectivity index (χ2v) is 34.9. The first-order valence-electron chi connectivity index (χ1n) is 27.7. The van der Waals surface area contributed by atoms with Gasteiger partial charge in [0.25, 0.3) is 11.7 Å². The van der Waals surface area contributed by atoms with Crippen molar-refractivity contribution in [2.45, 2.75) is 251 Å². The lowest BCUT2D eigenvalue weighted by Gasteiger charge is -2.56. The molecular weight excluding hydrogens is 963 g/mol. The molecule has 1 amide bonds. The lowest BCUT2D eigenvalue weighted by Crippen LogP contribution is -2.69. The topological polar surface area (TPSA) is 155 Å². The largest absolute Gasteiger partial charge is 0.461 e. The number of Topliss-reactive ketones (excluding diaryl/α,β-unsaturated/α-hetero) is 2. The van der Waals surface area contributed by atoms with Crippen molar-refractivity contribution >= 4 is 40.1 Å². The molecule has 3 aliphatic heterocycles. The summed E-state index contributed by atoms with van der Waals surface area (Å²) in [5, 5.41) is -0.0960. The van der Waals surface area contributed by atoms with Crippen molar-refractivity contribution in [2.75, 3.05) is 34.7 Å². The van der Waals surface area contributed by atoms with Crippen LogP contribution >= 0.6 is 0 Å². The summed E-state index contributed by atoms with van der Waals surface area (Å²) >= 11 is 0. The van der Waals surface area contributed by atoms with Crippen molar-refractivity contribution in [2.24, 2.45) is 29.6 Å². The van der Waals surface area contributed by atoms with Gasteiger partial charge < -0.3 is 46.9 Å². The third kappa shape index (κ3) is 16.0. The number of rotatable bonds is 12. The lowest BCUT2D eigenvalue weighted by molar-refractivity contribution is -0.461. The summed E-state index contributed by atoms with van der Waals surface area (Å²) in [7, 11) is 0.150. The number of cyclic esters (lactones) is 1. The fraction of sp³-hybridized carbons (Fsp3) is 0.860. The third-order valence-corrected chi connectivity index (χ3v) is 26.8. The molecular formula is C57H101NO13Si2. The summed E-state index contributed by atoms with van der Waals surface area (Å²) in [5.41, 5.74) is 0. The van der Waals surface area contributed by atoms with Crippen LogP contribution in [0.1, 0.15) is 160 Å². The van der Waals surface area contributed by atoms with Gasteiger partial charge in [0.05, 0.1) is 24.4 Å². The summed E-state index contributed by atoms with van der Waals surface area (Å²) in [6.07, 6.45) is 14.3. The lowest BCUT2D eigenvalue weighted by atomic mass is 9.75. The van der Waals surface area contributed by atoms with E-state index in [1.807, 2.05) is 6.92 Å². The highest BCUT2D eigenvalue weighted by molar-refractivity contribution is 6.74. The predicted octanol–water partition coefficient (Wildman–Crippen LogP) is 11.5. The zero-order valence-corrected chi connectivity index (χ0v) is 50.9. The Morgan fingerprint density at radius 2 is 1.36 bits per heavy atom. The maximum Gasteiger partial charge on any atom is 0.329 e. The SMILES string of the molecule is COCO[C@H]1[C@H](C[C@@H](C)[C@@H]2CC[C@H](C)/C=C/CC/C=C/[C@@H](O[Si](C)(C)C(C)(C)C)[C@H](C)[C@@H](O[Si](C)(C)C(C)(C)C)CC[C@@H](C)C(=O)C(=O)C(=O)N3CCCC[C@H]3C(=O)O2)CC[C@H]2O[C@](C)(OC)[C@@](C)(OC)O[C@H]12. The van der Waals surface area contributed by atoms with E-state index in [0.717, 1.165) is 25.7 Å². The summed E-state index contributed by atoms with van der Waals surface area (Å²) in [5.74, 6) is -6.49. The highest BCUT2D eigenvalue weighted by Gasteiger charge is 2.60. The van der Waals surface area contributed by atoms with Gasteiger partial charge in [0.2, 0.25) is 17.4 Å². The molecule has 3 fully saturated rings. The van der Waals surface area contributed by atoms with Crippen molar-refractivity contribution in [3.63, 3.8) is 0 Å². The number of fused-ring (bicyclic) bond motifs is 2. The summed E-state index contributed by atoms with van der Waals surface area (Å²) < 4.78 is 57.9. The number of carbonyl (C=O) groups is 4. The van der Waals surface area contributed by atoms with Crippen LogP contribution in [0.5, 0.6) is 0 Å². The molecule has 0 spiro atoms. The zero-order chi connectivity index (χ0) is 54.9. The molecule has 16 heteroatoms. The van der Waals surface area contributed by atoms with E-state index in [0.29, 0.717) is 51.4 Å². The average Bonchev–Trinajstić information content (AvgIpc) is 3.32. The van der Waals surface area contributed by atoms with Crippen LogP contribution < -0.4 is 0 Å². The molecule has 0 aromatic heterocycles. The fourth-order valence-corrected chi connectivity index (χ4v) is 13.1. The second kappa shape index (κ2) is 26.5. The molecule has 0 radical (unpaired) electrons. The van der Waals surface area contributed by atoms with Gasteiger partial charge in [-0.25, -0.2) is 4.79 Å². The van der Waals surface area contributed by atoms with Crippen LogP contribution in [0.4, 0.5) is 0 Å². The van der Waals surface area contributed by atoms with Gasteiger partial charge in [0.1, 0.15) is 25.0 Å². The molecule has 4 rings (SSSR count). The number of ketones is 2. The number of hydrogen-bond acceptors (Lipinski definition) is 13. The van der Waals surface area contributed by atoms with Crippen LogP contribution in [0.25, 0.3) is 0 Å². The molecule has 1 saturated carbocycles. The van der Waals surface area contributed by atoms with Crippen LogP contribution in [0, 0.1) is 29.6 Å². The van der Waals surface area contributed by atoms with Gasteiger partial charge in [-0.15, -0.1) is 0 Å². The van der Waals surface area contributed by atoms with Crippen LogP contribution in [0.3, 0.4) is 0 Å². The second-order valence-electron chi connectivity index (χ2n) is 25.4. The highest BCUT2D eigenvalue weighted by atomic mass is 28.4. The van der Waals surface area contributed by atoms with Gasteiger partial charge in [-0.2, -0.15) is 0 Å². The Bertz CT molecular complexity index is 1880. The minimum absolute atomic E-state index is 0.0206. The van der Waals surface area contributed by atoms with Crippen molar-refractivity contribution in [1.29, 1.82) is 0 Å². The number of carbonyl (C=O) groups excluding carboxylic acids is 4. The Hall–Kier alpha value is -2.13. The molecule has 0 bridgehead atoms. The van der Waals surface area contributed by atoms with Crippen molar-refractivity contribution in [3.05, 3.63) is 24.3 Å². The van der Waals surface area contributed by atoms with E-state index in [4.69, 9.17) is 42.0 Å². The molecule has 0 aromatic rings. The molecule has 1 aliphatic carbocycles.